The molecule has 1 aliphatic carbocycles. The van der Waals surface area contributed by atoms with Gasteiger partial charge in [0.05, 0.1) is 0 Å². The van der Waals surface area contributed by atoms with Crippen molar-refractivity contribution < 1.29 is 4.79 Å². The minimum atomic E-state index is 0.145. The highest BCUT2D eigenvalue weighted by atomic mass is 16.2. The molecule has 1 aromatic rings. The maximum Gasteiger partial charge on any atom is 0.254 e. The molecule has 0 radical (unpaired) electrons. The van der Waals surface area contributed by atoms with Gasteiger partial charge in [-0.05, 0) is 57.6 Å². The van der Waals surface area contributed by atoms with Gasteiger partial charge in [-0.25, -0.2) is 0 Å². The van der Waals surface area contributed by atoms with Crippen LogP contribution in [0.1, 0.15) is 41.6 Å². The number of amides is 1. The first-order valence-corrected chi connectivity index (χ1v) is 7.81. The summed E-state index contributed by atoms with van der Waals surface area (Å²) in [6.45, 7) is 3.64. The number of nitrogens with two attached hydrogens (primary N) is 1. The van der Waals surface area contributed by atoms with Gasteiger partial charge in [0, 0.05) is 30.4 Å². The Bertz CT molecular complexity index is 493. The maximum absolute atomic E-state index is 12.9. The van der Waals surface area contributed by atoms with E-state index in [4.69, 9.17) is 5.73 Å². The van der Waals surface area contributed by atoms with Crippen molar-refractivity contribution in [1.82, 2.24) is 9.80 Å². The van der Waals surface area contributed by atoms with E-state index in [0.717, 1.165) is 42.7 Å². The number of carbonyl (C=O) groups is 1. The van der Waals surface area contributed by atoms with Crippen LogP contribution in [0.2, 0.25) is 0 Å². The third-order valence-corrected chi connectivity index (χ3v) is 4.33. The Kier molecular flexibility index (Phi) is 5.23. The monoisotopic (exact) mass is 289 g/mol. The van der Waals surface area contributed by atoms with Crippen LogP contribution in [-0.2, 0) is 0 Å². The molecule has 0 spiro atoms. The van der Waals surface area contributed by atoms with E-state index in [9.17, 15) is 4.79 Å². The second-order valence-electron chi connectivity index (χ2n) is 6.31. The molecular weight excluding hydrogens is 262 g/mol. The summed E-state index contributed by atoms with van der Waals surface area (Å²) in [5.41, 5.74) is 8.33. The molecule has 0 heterocycles. The van der Waals surface area contributed by atoms with Crippen molar-refractivity contribution in [3.63, 3.8) is 0 Å². The lowest BCUT2D eigenvalue weighted by atomic mass is 10.1. The summed E-state index contributed by atoms with van der Waals surface area (Å²) in [5, 5.41) is 0. The highest BCUT2D eigenvalue weighted by Crippen LogP contribution is 2.25. The van der Waals surface area contributed by atoms with E-state index in [1.807, 2.05) is 39.2 Å². The second-order valence-corrected chi connectivity index (χ2v) is 6.31. The molecule has 1 amide bonds. The first-order valence-electron chi connectivity index (χ1n) is 7.81. The Hall–Kier alpha value is -1.55. The van der Waals surface area contributed by atoms with Crippen molar-refractivity contribution in [2.75, 3.05) is 32.9 Å². The number of hydrogen-bond donors (Lipinski definition) is 1. The van der Waals surface area contributed by atoms with Gasteiger partial charge in [-0.1, -0.05) is 12.8 Å². The van der Waals surface area contributed by atoms with Crippen LogP contribution in [-0.4, -0.2) is 48.9 Å². The fourth-order valence-electron chi connectivity index (χ4n) is 2.95. The SMILES string of the molecule is Cc1cc(C(=O)N(CCN(C)C)C2CCCC2)ccc1N. The number of aryl methyl sites for hydroxylation is 1. The quantitative estimate of drug-likeness (QED) is 0.847. The lowest BCUT2D eigenvalue weighted by molar-refractivity contribution is 0.0667. The first-order chi connectivity index (χ1) is 9.99. The minimum absolute atomic E-state index is 0.145. The zero-order valence-corrected chi connectivity index (χ0v) is 13.4. The molecule has 1 saturated carbocycles. The molecule has 2 N–H and O–H groups in total. The van der Waals surface area contributed by atoms with Crippen LogP contribution >= 0.6 is 0 Å². The Balaban J connectivity index is 2.17. The van der Waals surface area contributed by atoms with E-state index in [2.05, 4.69) is 9.80 Å². The van der Waals surface area contributed by atoms with E-state index in [0.29, 0.717) is 6.04 Å². The summed E-state index contributed by atoms with van der Waals surface area (Å²) in [5.74, 6) is 0.145. The Labute approximate surface area is 127 Å². The molecule has 2 rings (SSSR count). The number of carbonyl (C=O) groups excluding carboxylic acids is 1. The molecule has 1 aromatic carbocycles. The molecule has 0 atom stereocenters. The number of nitrogen functional groups attached to an aromatic ring is 1. The second kappa shape index (κ2) is 6.94. The Morgan fingerprint density at radius 3 is 2.48 bits per heavy atom. The average molecular weight is 289 g/mol. The number of benzene rings is 1. The van der Waals surface area contributed by atoms with Gasteiger partial charge >= 0.3 is 0 Å². The first kappa shape index (κ1) is 15.8. The van der Waals surface area contributed by atoms with E-state index in [-0.39, 0.29) is 5.91 Å². The number of likely N-dealkylation sites (N-methyl/N-ethyl adjacent to an activating group) is 1. The number of anilines is 1. The molecule has 1 aliphatic rings. The normalized spacial score (nSPS) is 15.6. The molecule has 116 valence electrons. The molecule has 0 aliphatic heterocycles. The molecular formula is C17H27N3O. The summed E-state index contributed by atoms with van der Waals surface area (Å²) in [4.78, 5) is 17.1. The number of hydrogen-bond acceptors (Lipinski definition) is 3. The smallest absolute Gasteiger partial charge is 0.254 e. The average Bonchev–Trinajstić information content (AvgIpc) is 2.95. The fraction of sp³-hybridized carbons (Fsp3) is 0.588. The van der Waals surface area contributed by atoms with E-state index >= 15 is 0 Å². The molecule has 4 heteroatoms. The summed E-state index contributed by atoms with van der Waals surface area (Å²) >= 11 is 0. The van der Waals surface area contributed by atoms with Crippen LogP contribution in [0.3, 0.4) is 0 Å². The van der Waals surface area contributed by atoms with Crippen LogP contribution < -0.4 is 5.73 Å². The van der Waals surface area contributed by atoms with Gasteiger partial charge < -0.3 is 15.5 Å². The predicted molar refractivity (Wildman–Crippen MR) is 87.4 cm³/mol. The van der Waals surface area contributed by atoms with Crippen molar-refractivity contribution >= 4 is 11.6 Å². The van der Waals surface area contributed by atoms with Crippen molar-refractivity contribution in [3.8, 4) is 0 Å². The largest absolute Gasteiger partial charge is 0.399 e. The highest BCUT2D eigenvalue weighted by molar-refractivity contribution is 5.95. The van der Waals surface area contributed by atoms with Crippen molar-refractivity contribution in [2.45, 2.75) is 38.6 Å². The summed E-state index contributed by atoms with van der Waals surface area (Å²) < 4.78 is 0. The lowest BCUT2D eigenvalue weighted by Gasteiger charge is -2.30. The maximum atomic E-state index is 12.9. The summed E-state index contributed by atoms with van der Waals surface area (Å²) in [6, 6.07) is 5.99. The van der Waals surface area contributed by atoms with Crippen LogP contribution in [0.4, 0.5) is 5.69 Å². The van der Waals surface area contributed by atoms with Gasteiger partial charge in [0.25, 0.3) is 5.91 Å². The standard InChI is InChI=1S/C17H27N3O/c1-13-12-14(8-9-16(13)18)17(21)20(11-10-19(2)3)15-6-4-5-7-15/h8-9,12,15H,4-7,10-11,18H2,1-3H3. The van der Waals surface area contributed by atoms with Crippen LogP contribution in [0.5, 0.6) is 0 Å². The molecule has 0 aromatic heterocycles. The van der Waals surface area contributed by atoms with E-state index in [1.54, 1.807) is 0 Å². The van der Waals surface area contributed by atoms with Crippen molar-refractivity contribution in [3.05, 3.63) is 29.3 Å². The van der Waals surface area contributed by atoms with Crippen LogP contribution in [0.25, 0.3) is 0 Å². The van der Waals surface area contributed by atoms with Gasteiger partial charge in [-0.2, -0.15) is 0 Å². The topological polar surface area (TPSA) is 49.6 Å². The molecule has 4 nitrogen and oxygen atoms in total. The van der Waals surface area contributed by atoms with Gasteiger partial charge in [-0.3, -0.25) is 4.79 Å². The molecule has 0 saturated heterocycles. The van der Waals surface area contributed by atoms with Gasteiger partial charge in [0.1, 0.15) is 0 Å². The summed E-state index contributed by atoms with van der Waals surface area (Å²) in [7, 11) is 4.09. The van der Waals surface area contributed by atoms with E-state index in [1.165, 1.54) is 12.8 Å². The Morgan fingerprint density at radius 1 is 1.24 bits per heavy atom. The van der Waals surface area contributed by atoms with Crippen LogP contribution in [0, 0.1) is 6.92 Å². The molecule has 0 bridgehead atoms. The third kappa shape index (κ3) is 3.97. The predicted octanol–water partition coefficient (Wildman–Crippen LogP) is 2.52. The Morgan fingerprint density at radius 2 is 1.90 bits per heavy atom. The highest BCUT2D eigenvalue weighted by Gasteiger charge is 2.27. The number of rotatable bonds is 5. The lowest BCUT2D eigenvalue weighted by Crippen LogP contribution is -2.42. The summed E-state index contributed by atoms with van der Waals surface area (Å²) in [6.07, 6.45) is 4.73. The zero-order valence-electron chi connectivity index (χ0n) is 13.4. The molecule has 1 fully saturated rings. The third-order valence-electron chi connectivity index (χ3n) is 4.33. The van der Waals surface area contributed by atoms with E-state index < -0.39 is 0 Å². The minimum Gasteiger partial charge on any atom is -0.399 e. The fourth-order valence-corrected chi connectivity index (χ4v) is 2.95. The van der Waals surface area contributed by atoms with Gasteiger partial charge in [0.2, 0.25) is 0 Å². The van der Waals surface area contributed by atoms with Gasteiger partial charge in [0.15, 0.2) is 0 Å². The van der Waals surface area contributed by atoms with Crippen LogP contribution in [0.15, 0.2) is 18.2 Å². The van der Waals surface area contributed by atoms with Gasteiger partial charge in [-0.15, -0.1) is 0 Å². The molecule has 21 heavy (non-hydrogen) atoms. The number of nitrogens with zero attached hydrogens (tertiary/aromatic N) is 2. The van der Waals surface area contributed by atoms with Crippen molar-refractivity contribution in [2.24, 2.45) is 0 Å². The van der Waals surface area contributed by atoms with Crippen molar-refractivity contribution in [1.29, 1.82) is 0 Å². The zero-order chi connectivity index (χ0) is 15.4. The molecule has 0 unspecified atom stereocenters.